The van der Waals surface area contributed by atoms with E-state index in [0.29, 0.717) is 5.75 Å². The third-order valence-corrected chi connectivity index (χ3v) is 3.60. The molecule has 6 nitrogen and oxygen atoms in total. The molecular formula is C15H16BrNO5. The summed E-state index contributed by atoms with van der Waals surface area (Å²) >= 11 is 3.33. The molecule has 1 aromatic carbocycles. The highest BCUT2D eigenvalue weighted by Gasteiger charge is 2.28. The van der Waals surface area contributed by atoms with E-state index in [1.165, 1.54) is 0 Å². The van der Waals surface area contributed by atoms with Crippen LogP contribution in [0.25, 0.3) is 0 Å². The van der Waals surface area contributed by atoms with Crippen LogP contribution < -0.4 is 4.74 Å². The number of imide groups is 1. The van der Waals surface area contributed by atoms with E-state index < -0.39 is 5.97 Å². The molecule has 1 aliphatic heterocycles. The number of esters is 1. The lowest BCUT2D eigenvalue weighted by Gasteiger charge is -2.13. The molecule has 118 valence electrons. The fraction of sp³-hybridized carbons (Fsp3) is 0.400. The highest BCUT2D eigenvalue weighted by Crippen LogP contribution is 2.17. The first-order valence-electron chi connectivity index (χ1n) is 6.93. The minimum absolute atomic E-state index is 0.00830. The molecule has 0 N–H and O–H groups in total. The Bertz CT molecular complexity index is 559. The summed E-state index contributed by atoms with van der Waals surface area (Å²) in [5.41, 5.74) is 0. The van der Waals surface area contributed by atoms with E-state index in [1.54, 1.807) is 6.07 Å². The molecule has 0 aromatic heterocycles. The molecule has 1 heterocycles. The predicted octanol–water partition coefficient (Wildman–Crippen LogP) is 1.91. The van der Waals surface area contributed by atoms with Crippen LogP contribution >= 0.6 is 15.9 Å². The zero-order valence-electron chi connectivity index (χ0n) is 11.9. The maximum Gasteiger partial charge on any atom is 0.307 e. The molecule has 1 fully saturated rings. The zero-order chi connectivity index (χ0) is 15.9. The van der Waals surface area contributed by atoms with Crippen LogP contribution in [0.4, 0.5) is 0 Å². The number of nitrogens with zero attached hydrogens (tertiary/aromatic N) is 1. The molecule has 7 heteroatoms. The predicted molar refractivity (Wildman–Crippen MR) is 81.2 cm³/mol. The van der Waals surface area contributed by atoms with Crippen LogP contribution in [-0.4, -0.2) is 42.4 Å². The average Bonchev–Trinajstić information content (AvgIpc) is 2.80. The van der Waals surface area contributed by atoms with Crippen molar-refractivity contribution in [1.29, 1.82) is 0 Å². The van der Waals surface area contributed by atoms with Crippen LogP contribution in [0.5, 0.6) is 5.75 Å². The van der Waals surface area contributed by atoms with Crippen molar-refractivity contribution in [2.75, 3.05) is 19.8 Å². The minimum Gasteiger partial charge on any atom is -0.490 e. The van der Waals surface area contributed by atoms with Crippen molar-refractivity contribution in [3.8, 4) is 5.75 Å². The number of ether oxygens (including phenoxy) is 2. The quantitative estimate of drug-likeness (QED) is 0.417. The second-order valence-corrected chi connectivity index (χ2v) is 5.63. The summed E-state index contributed by atoms with van der Waals surface area (Å²) < 4.78 is 11.3. The fourth-order valence-corrected chi connectivity index (χ4v) is 2.40. The third-order valence-electron chi connectivity index (χ3n) is 3.11. The Balaban J connectivity index is 1.62. The smallest absolute Gasteiger partial charge is 0.307 e. The van der Waals surface area contributed by atoms with Gasteiger partial charge < -0.3 is 9.47 Å². The monoisotopic (exact) mass is 369 g/mol. The molecule has 22 heavy (non-hydrogen) atoms. The lowest BCUT2D eigenvalue weighted by Crippen LogP contribution is -2.31. The van der Waals surface area contributed by atoms with Gasteiger partial charge in [-0.05, 0) is 18.2 Å². The van der Waals surface area contributed by atoms with Crippen molar-refractivity contribution in [1.82, 2.24) is 4.90 Å². The second kappa shape index (κ2) is 7.93. The van der Waals surface area contributed by atoms with Gasteiger partial charge in [0.15, 0.2) is 0 Å². The Morgan fingerprint density at radius 1 is 1.18 bits per heavy atom. The summed E-state index contributed by atoms with van der Waals surface area (Å²) in [6.07, 6.45) is 0.469. The van der Waals surface area contributed by atoms with Gasteiger partial charge in [-0.1, -0.05) is 22.0 Å². The molecule has 0 bridgehead atoms. The Morgan fingerprint density at radius 3 is 2.59 bits per heavy atom. The Kier molecular flexibility index (Phi) is 5.94. The first-order valence-corrected chi connectivity index (χ1v) is 7.73. The molecule has 0 saturated carbocycles. The van der Waals surface area contributed by atoms with Crippen LogP contribution in [0.15, 0.2) is 28.7 Å². The fourth-order valence-electron chi connectivity index (χ4n) is 2.02. The first-order chi connectivity index (χ1) is 10.6. The molecule has 0 spiro atoms. The largest absolute Gasteiger partial charge is 0.490 e. The molecule has 1 aromatic rings. The van der Waals surface area contributed by atoms with Gasteiger partial charge in [-0.3, -0.25) is 19.3 Å². The van der Waals surface area contributed by atoms with Crippen molar-refractivity contribution in [2.45, 2.75) is 19.3 Å². The van der Waals surface area contributed by atoms with E-state index in [4.69, 9.17) is 9.47 Å². The topological polar surface area (TPSA) is 72.9 Å². The molecule has 2 amide bonds. The van der Waals surface area contributed by atoms with Gasteiger partial charge in [0, 0.05) is 23.9 Å². The molecule has 0 radical (unpaired) electrons. The number of likely N-dealkylation sites (tertiary alicyclic amines) is 1. The summed E-state index contributed by atoms with van der Waals surface area (Å²) in [5.74, 6) is -0.226. The zero-order valence-corrected chi connectivity index (χ0v) is 13.5. The van der Waals surface area contributed by atoms with E-state index in [1.807, 2.05) is 18.2 Å². The number of amides is 2. The lowest BCUT2D eigenvalue weighted by molar-refractivity contribution is -0.146. The van der Waals surface area contributed by atoms with E-state index in [-0.39, 0.29) is 50.8 Å². The van der Waals surface area contributed by atoms with Gasteiger partial charge >= 0.3 is 5.97 Å². The molecule has 0 atom stereocenters. The van der Waals surface area contributed by atoms with Gasteiger partial charge in [-0.2, -0.15) is 0 Å². The summed E-state index contributed by atoms with van der Waals surface area (Å²) in [6.45, 7) is 0.444. The Hall–Kier alpha value is -1.89. The third kappa shape index (κ3) is 4.84. The van der Waals surface area contributed by atoms with Gasteiger partial charge in [0.25, 0.3) is 0 Å². The standard InChI is InChI=1S/C15H16BrNO5/c16-11-2-1-3-12(10-11)21-8-9-22-15(20)6-7-17-13(18)4-5-14(17)19/h1-3,10H,4-9H2. The summed E-state index contributed by atoms with van der Waals surface area (Å²) in [5, 5.41) is 0. The number of carbonyl (C=O) groups excluding carboxylic acids is 3. The Labute approximate surface area is 136 Å². The number of carbonyl (C=O) groups is 3. The highest BCUT2D eigenvalue weighted by molar-refractivity contribution is 9.10. The molecular weight excluding hydrogens is 354 g/mol. The van der Waals surface area contributed by atoms with E-state index in [0.717, 1.165) is 9.37 Å². The van der Waals surface area contributed by atoms with Crippen molar-refractivity contribution in [3.63, 3.8) is 0 Å². The SMILES string of the molecule is O=C(CCN1C(=O)CCC1=O)OCCOc1cccc(Br)c1. The minimum atomic E-state index is -0.453. The molecule has 1 saturated heterocycles. The van der Waals surface area contributed by atoms with Crippen molar-refractivity contribution in [2.24, 2.45) is 0 Å². The molecule has 2 rings (SSSR count). The number of halogens is 1. The van der Waals surface area contributed by atoms with E-state index in [9.17, 15) is 14.4 Å². The van der Waals surface area contributed by atoms with Crippen LogP contribution in [0, 0.1) is 0 Å². The van der Waals surface area contributed by atoms with Gasteiger partial charge in [0.1, 0.15) is 19.0 Å². The maximum absolute atomic E-state index is 11.5. The van der Waals surface area contributed by atoms with Crippen molar-refractivity contribution >= 4 is 33.7 Å². The van der Waals surface area contributed by atoms with Gasteiger partial charge in [0.05, 0.1) is 6.42 Å². The van der Waals surface area contributed by atoms with Gasteiger partial charge in [-0.15, -0.1) is 0 Å². The average molecular weight is 370 g/mol. The van der Waals surface area contributed by atoms with Gasteiger partial charge in [-0.25, -0.2) is 0 Å². The molecule has 1 aliphatic rings. The Morgan fingerprint density at radius 2 is 1.91 bits per heavy atom. The first kappa shape index (κ1) is 16.5. The lowest BCUT2D eigenvalue weighted by atomic mass is 10.3. The highest BCUT2D eigenvalue weighted by atomic mass is 79.9. The van der Waals surface area contributed by atoms with Crippen LogP contribution in [0.2, 0.25) is 0 Å². The molecule has 0 aliphatic carbocycles. The molecule has 0 unspecified atom stereocenters. The summed E-state index contributed by atoms with van der Waals surface area (Å²) in [7, 11) is 0. The van der Waals surface area contributed by atoms with Gasteiger partial charge in [0.2, 0.25) is 11.8 Å². The summed E-state index contributed by atoms with van der Waals surface area (Å²) in [6, 6.07) is 7.34. The number of hydrogen-bond acceptors (Lipinski definition) is 5. The van der Waals surface area contributed by atoms with E-state index >= 15 is 0 Å². The van der Waals surface area contributed by atoms with E-state index in [2.05, 4.69) is 15.9 Å². The van der Waals surface area contributed by atoms with Crippen molar-refractivity contribution in [3.05, 3.63) is 28.7 Å². The summed E-state index contributed by atoms with van der Waals surface area (Å²) in [4.78, 5) is 35.4. The second-order valence-electron chi connectivity index (χ2n) is 4.72. The van der Waals surface area contributed by atoms with Crippen LogP contribution in [0.1, 0.15) is 19.3 Å². The number of rotatable bonds is 7. The van der Waals surface area contributed by atoms with Crippen LogP contribution in [-0.2, 0) is 19.1 Å². The maximum atomic E-state index is 11.5. The number of hydrogen-bond donors (Lipinski definition) is 0. The van der Waals surface area contributed by atoms with Crippen molar-refractivity contribution < 1.29 is 23.9 Å². The van der Waals surface area contributed by atoms with Crippen LogP contribution in [0.3, 0.4) is 0 Å². The normalized spacial score (nSPS) is 14.3. The number of benzene rings is 1.